The van der Waals surface area contributed by atoms with Crippen LogP contribution in [0.4, 0.5) is 5.69 Å². The molecule has 0 fully saturated rings. The van der Waals surface area contributed by atoms with Gasteiger partial charge in [-0.25, -0.2) is 4.85 Å². The van der Waals surface area contributed by atoms with Crippen molar-refractivity contribution in [3.63, 3.8) is 0 Å². The van der Waals surface area contributed by atoms with Crippen LogP contribution in [0.5, 0.6) is 0 Å². The molecular weight excluding hydrogens is 524 g/mol. The van der Waals surface area contributed by atoms with Gasteiger partial charge in [-0.15, -0.1) is 0 Å². The predicted octanol–water partition coefficient (Wildman–Crippen LogP) is 10.3. The molecule has 0 aliphatic heterocycles. The third kappa shape index (κ3) is 3.68. The first-order valence-corrected chi connectivity index (χ1v) is 14.2. The zero-order chi connectivity index (χ0) is 29.1. The van der Waals surface area contributed by atoms with Crippen LogP contribution in [0.15, 0.2) is 127 Å². The van der Waals surface area contributed by atoms with Crippen LogP contribution in [-0.4, -0.2) is 9.13 Å². The first-order chi connectivity index (χ1) is 21.2. The lowest BCUT2D eigenvalue weighted by Gasteiger charge is -2.13. The number of benzene rings is 6. The second kappa shape index (κ2) is 9.48. The van der Waals surface area contributed by atoms with Crippen LogP contribution in [-0.2, 0) is 0 Å². The second-order valence-corrected chi connectivity index (χ2v) is 10.9. The fraction of sp³-hybridized carbons (Fsp3) is 0.0256. The number of rotatable bonds is 3. The molecule has 0 aliphatic rings. The minimum absolute atomic E-state index is 0.384. The molecule has 0 saturated heterocycles. The van der Waals surface area contributed by atoms with Crippen molar-refractivity contribution in [2.75, 3.05) is 0 Å². The molecule has 2 aromatic heterocycles. The molecule has 0 aliphatic carbocycles. The van der Waals surface area contributed by atoms with E-state index in [1.165, 1.54) is 21.8 Å². The summed E-state index contributed by atoms with van der Waals surface area (Å²) in [6.45, 7) is 9.51. The molecule has 0 spiro atoms. The zero-order valence-electron chi connectivity index (χ0n) is 23.4. The normalized spacial score (nSPS) is 11.3. The Balaban J connectivity index is 1.37. The molecule has 0 amide bonds. The van der Waals surface area contributed by atoms with Crippen molar-refractivity contribution < 1.29 is 0 Å². The van der Waals surface area contributed by atoms with Crippen molar-refractivity contribution >= 4 is 49.3 Å². The largest absolute Gasteiger partial charge is 0.309 e. The molecule has 4 heteroatoms. The molecular formula is C39H24N4. The molecule has 0 bridgehead atoms. The summed E-state index contributed by atoms with van der Waals surface area (Å²) < 4.78 is 4.57. The van der Waals surface area contributed by atoms with E-state index in [4.69, 9.17) is 6.57 Å². The van der Waals surface area contributed by atoms with Gasteiger partial charge >= 0.3 is 0 Å². The Hall–Kier alpha value is -6.10. The average Bonchev–Trinajstić information content (AvgIpc) is 3.57. The highest BCUT2D eigenvalue weighted by molar-refractivity contribution is 6.12. The van der Waals surface area contributed by atoms with E-state index in [0.29, 0.717) is 11.3 Å². The fourth-order valence-corrected chi connectivity index (χ4v) is 6.52. The number of aromatic nitrogens is 2. The molecule has 0 atom stereocenters. The highest BCUT2D eigenvalue weighted by Gasteiger charge is 2.18. The summed E-state index contributed by atoms with van der Waals surface area (Å²) in [4.78, 5) is 3.57. The molecule has 2 heterocycles. The highest BCUT2D eigenvalue weighted by Crippen LogP contribution is 2.39. The summed E-state index contributed by atoms with van der Waals surface area (Å²) in [6, 6.07) is 46.8. The average molecular weight is 549 g/mol. The number of hydrogen-bond acceptors (Lipinski definition) is 1. The van der Waals surface area contributed by atoms with E-state index < -0.39 is 0 Å². The van der Waals surface area contributed by atoms with Gasteiger partial charge in [-0.05, 0) is 72.1 Å². The first kappa shape index (κ1) is 24.7. The minimum atomic E-state index is 0.384. The Labute approximate surface area is 248 Å². The van der Waals surface area contributed by atoms with E-state index in [1.54, 1.807) is 0 Å². The standard InChI is InChI=1S/C39H24N4/c1-25-20-34(41-2)28(24-40)23-38(25)43-36-15-9-7-13-31(36)33-21-26(17-19-37(33)43)27-16-18-32-30-12-6-8-14-35(30)42(39(32)22-27)29-10-4-3-5-11-29/h3-23H,1H3. The van der Waals surface area contributed by atoms with E-state index in [9.17, 15) is 5.26 Å². The maximum Gasteiger partial charge on any atom is 0.205 e. The van der Waals surface area contributed by atoms with E-state index in [-0.39, 0.29) is 0 Å². The van der Waals surface area contributed by atoms with Gasteiger partial charge in [0, 0.05) is 32.9 Å². The minimum Gasteiger partial charge on any atom is -0.309 e. The molecule has 8 rings (SSSR count). The van der Waals surface area contributed by atoms with Crippen LogP contribution in [0, 0.1) is 24.8 Å². The van der Waals surface area contributed by atoms with E-state index in [0.717, 1.165) is 49.9 Å². The van der Waals surface area contributed by atoms with Crippen molar-refractivity contribution in [2.45, 2.75) is 6.92 Å². The fourth-order valence-electron chi connectivity index (χ4n) is 6.52. The molecule has 0 radical (unpaired) electrons. The van der Waals surface area contributed by atoms with Gasteiger partial charge in [-0.1, -0.05) is 78.9 Å². The Kier molecular flexibility index (Phi) is 5.44. The molecule has 4 nitrogen and oxygen atoms in total. The lowest BCUT2D eigenvalue weighted by molar-refractivity contribution is 1.15. The van der Waals surface area contributed by atoms with E-state index >= 15 is 0 Å². The second-order valence-electron chi connectivity index (χ2n) is 10.9. The van der Waals surface area contributed by atoms with Crippen molar-refractivity contribution in [3.8, 4) is 28.6 Å². The van der Waals surface area contributed by atoms with E-state index in [1.807, 2.05) is 25.1 Å². The van der Waals surface area contributed by atoms with Crippen LogP contribution in [0.25, 0.3) is 71.0 Å². The first-order valence-electron chi connectivity index (χ1n) is 14.2. The Bertz CT molecular complexity index is 2480. The van der Waals surface area contributed by atoms with Crippen molar-refractivity contribution in [1.29, 1.82) is 5.26 Å². The lowest BCUT2D eigenvalue weighted by Crippen LogP contribution is -1.98. The molecule has 200 valence electrons. The molecule has 43 heavy (non-hydrogen) atoms. The van der Waals surface area contributed by atoms with Gasteiger partial charge in [0.25, 0.3) is 0 Å². The predicted molar refractivity (Wildman–Crippen MR) is 176 cm³/mol. The Morgan fingerprint density at radius 3 is 1.93 bits per heavy atom. The van der Waals surface area contributed by atoms with E-state index in [2.05, 4.69) is 129 Å². The van der Waals surface area contributed by atoms with Crippen LogP contribution in [0.1, 0.15) is 11.1 Å². The van der Waals surface area contributed by atoms with Gasteiger partial charge < -0.3 is 9.13 Å². The summed E-state index contributed by atoms with van der Waals surface area (Å²) in [5, 5.41) is 14.5. The third-order valence-electron chi connectivity index (χ3n) is 8.49. The highest BCUT2D eigenvalue weighted by atomic mass is 15.0. The van der Waals surface area contributed by atoms with Gasteiger partial charge in [0.15, 0.2) is 0 Å². The van der Waals surface area contributed by atoms with Gasteiger partial charge in [-0.3, -0.25) is 0 Å². The number of aryl methyl sites for hydroxylation is 1. The number of nitrogens with zero attached hydrogens (tertiary/aromatic N) is 4. The van der Waals surface area contributed by atoms with Crippen LogP contribution >= 0.6 is 0 Å². The monoisotopic (exact) mass is 548 g/mol. The number of hydrogen-bond donors (Lipinski definition) is 0. The molecule has 0 N–H and O–H groups in total. The Morgan fingerprint density at radius 1 is 0.581 bits per heavy atom. The SMILES string of the molecule is [C-]#[N+]c1cc(C)c(-n2c3ccccc3c3cc(-c4ccc5c6ccccc6n(-c6ccccc6)c5c4)ccc32)cc1C#N. The summed E-state index contributed by atoms with van der Waals surface area (Å²) >= 11 is 0. The van der Waals surface area contributed by atoms with Crippen LogP contribution in [0.3, 0.4) is 0 Å². The number of fused-ring (bicyclic) bond motifs is 6. The summed E-state index contributed by atoms with van der Waals surface area (Å²) in [5.74, 6) is 0. The molecule has 0 unspecified atom stereocenters. The molecule has 6 aromatic carbocycles. The van der Waals surface area contributed by atoms with Gasteiger partial charge in [0.1, 0.15) is 0 Å². The Morgan fingerprint density at radius 2 is 1.19 bits per heavy atom. The van der Waals surface area contributed by atoms with Gasteiger partial charge in [0.05, 0.1) is 40.3 Å². The van der Waals surface area contributed by atoms with Crippen LogP contribution < -0.4 is 0 Å². The van der Waals surface area contributed by atoms with Crippen molar-refractivity contribution in [3.05, 3.63) is 150 Å². The maximum absolute atomic E-state index is 9.76. The topological polar surface area (TPSA) is 38.0 Å². The zero-order valence-corrected chi connectivity index (χ0v) is 23.4. The number of nitriles is 1. The lowest BCUT2D eigenvalue weighted by atomic mass is 10.0. The smallest absolute Gasteiger partial charge is 0.205 e. The number of para-hydroxylation sites is 3. The molecule has 8 aromatic rings. The van der Waals surface area contributed by atoms with Crippen molar-refractivity contribution in [2.24, 2.45) is 0 Å². The summed E-state index contributed by atoms with van der Waals surface area (Å²) in [5.41, 5.74) is 10.6. The summed E-state index contributed by atoms with van der Waals surface area (Å²) in [7, 11) is 0. The molecule has 0 saturated carbocycles. The van der Waals surface area contributed by atoms with Gasteiger partial charge in [-0.2, -0.15) is 5.26 Å². The van der Waals surface area contributed by atoms with Gasteiger partial charge in [0.2, 0.25) is 5.69 Å². The summed E-state index contributed by atoms with van der Waals surface area (Å²) in [6.07, 6.45) is 0. The maximum atomic E-state index is 9.76. The van der Waals surface area contributed by atoms with Crippen molar-refractivity contribution in [1.82, 2.24) is 9.13 Å². The van der Waals surface area contributed by atoms with Crippen LogP contribution in [0.2, 0.25) is 0 Å². The quantitative estimate of drug-likeness (QED) is 0.202. The third-order valence-corrected chi connectivity index (χ3v) is 8.49.